The first-order valence-electron chi connectivity index (χ1n) is 11.2. The lowest BCUT2D eigenvalue weighted by Gasteiger charge is -2.29. The molecule has 7 nitrogen and oxygen atoms in total. The van der Waals surface area contributed by atoms with Crippen molar-refractivity contribution in [1.82, 2.24) is 0 Å². The molecule has 0 atom stereocenters. The molecule has 31 heavy (non-hydrogen) atoms. The summed E-state index contributed by atoms with van der Waals surface area (Å²) in [5, 5.41) is 6.17. The molecule has 2 aliphatic rings. The number of carbonyl (C=O) groups is 2. The van der Waals surface area contributed by atoms with Gasteiger partial charge in [-0.15, -0.1) is 0 Å². The second kappa shape index (κ2) is 9.04. The van der Waals surface area contributed by atoms with Gasteiger partial charge in [-0.3, -0.25) is 19.2 Å². The maximum absolute atomic E-state index is 12.6. The SMILES string of the molecule is CC(=O)c1cccc(NC(=O)C2CCC(CNc3c(N4CCCC4)c(=O)c3=O)CC2)c1. The molecule has 1 aliphatic heterocycles. The summed E-state index contributed by atoms with van der Waals surface area (Å²) >= 11 is 0. The van der Waals surface area contributed by atoms with Crippen LogP contribution < -0.4 is 26.4 Å². The van der Waals surface area contributed by atoms with Crippen LogP contribution in [0.4, 0.5) is 17.1 Å². The van der Waals surface area contributed by atoms with E-state index in [0.717, 1.165) is 51.6 Å². The molecule has 1 amide bonds. The fourth-order valence-electron chi connectivity index (χ4n) is 4.72. The molecule has 2 aromatic rings. The van der Waals surface area contributed by atoms with E-state index in [-0.39, 0.29) is 23.0 Å². The van der Waals surface area contributed by atoms with E-state index < -0.39 is 5.43 Å². The minimum atomic E-state index is -0.400. The van der Waals surface area contributed by atoms with Gasteiger partial charge in [0.05, 0.1) is 0 Å². The predicted octanol–water partition coefficient (Wildman–Crippen LogP) is 2.94. The highest BCUT2D eigenvalue weighted by atomic mass is 16.2. The van der Waals surface area contributed by atoms with Crippen LogP contribution in [-0.2, 0) is 4.79 Å². The Bertz CT molecular complexity index is 1040. The van der Waals surface area contributed by atoms with Gasteiger partial charge in [-0.25, -0.2) is 0 Å². The zero-order valence-corrected chi connectivity index (χ0v) is 17.9. The summed E-state index contributed by atoms with van der Waals surface area (Å²) in [6.07, 6.45) is 5.48. The molecule has 1 saturated carbocycles. The lowest BCUT2D eigenvalue weighted by Crippen LogP contribution is -2.42. The summed E-state index contributed by atoms with van der Waals surface area (Å²) in [5.41, 5.74) is 1.53. The molecule has 0 bridgehead atoms. The van der Waals surface area contributed by atoms with Gasteiger partial charge in [0.2, 0.25) is 5.91 Å². The van der Waals surface area contributed by atoms with E-state index >= 15 is 0 Å². The average molecular weight is 424 g/mol. The number of nitrogens with one attached hydrogen (secondary N) is 2. The lowest BCUT2D eigenvalue weighted by atomic mass is 9.81. The molecule has 1 saturated heterocycles. The summed E-state index contributed by atoms with van der Waals surface area (Å²) in [4.78, 5) is 50.2. The van der Waals surface area contributed by atoms with Crippen molar-refractivity contribution in [3.63, 3.8) is 0 Å². The van der Waals surface area contributed by atoms with Crippen molar-refractivity contribution in [2.45, 2.75) is 45.4 Å². The number of rotatable bonds is 7. The second-order valence-corrected chi connectivity index (χ2v) is 8.80. The van der Waals surface area contributed by atoms with Gasteiger partial charge in [-0.2, -0.15) is 0 Å². The van der Waals surface area contributed by atoms with Crippen molar-refractivity contribution in [2.75, 3.05) is 35.2 Å². The van der Waals surface area contributed by atoms with Crippen LogP contribution in [0, 0.1) is 11.8 Å². The van der Waals surface area contributed by atoms with E-state index in [4.69, 9.17) is 0 Å². The van der Waals surface area contributed by atoms with Crippen LogP contribution in [0.3, 0.4) is 0 Å². The Morgan fingerprint density at radius 1 is 1.03 bits per heavy atom. The molecular formula is C24H29N3O4. The highest BCUT2D eigenvalue weighted by molar-refractivity contribution is 5.97. The van der Waals surface area contributed by atoms with Crippen LogP contribution in [-0.4, -0.2) is 31.3 Å². The Morgan fingerprint density at radius 3 is 2.42 bits per heavy atom. The standard InChI is InChI=1S/C24H29N3O4/c1-15(28)18-5-4-6-19(13-18)26-24(31)17-9-7-16(8-10-17)14-25-20-21(23(30)22(20)29)27-11-2-3-12-27/h4-6,13,16-17,25H,2-3,7-12,14H2,1H3,(H,26,31). The van der Waals surface area contributed by atoms with Crippen molar-refractivity contribution in [3.8, 4) is 0 Å². The van der Waals surface area contributed by atoms with Crippen molar-refractivity contribution in [1.29, 1.82) is 0 Å². The minimum absolute atomic E-state index is 0.00842. The van der Waals surface area contributed by atoms with E-state index in [1.165, 1.54) is 6.92 Å². The number of anilines is 3. The number of carbonyl (C=O) groups excluding carboxylic acids is 2. The van der Waals surface area contributed by atoms with Crippen LogP contribution in [0.5, 0.6) is 0 Å². The number of ketones is 1. The van der Waals surface area contributed by atoms with Crippen molar-refractivity contribution in [2.24, 2.45) is 11.8 Å². The number of amides is 1. The van der Waals surface area contributed by atoms with Crippen molar-refractivity contribution >= 4 is 28.8 Å². The zero-order chi connectivity index (χ0) is 22.0. The van der Waals surface area contributed by atoms with Gasteiger partial charge in [0.1, 0.15) is 11.4 Å². The van der Waals surface area contributed by atoms with Gasteiger partial charge in [0.15, 0.2) is 5.78 Å². The van der Waals surface area contributed by atoms with Crippen LogP contribution in [0.15, 0.2) is 33.9 Å². The Labute approximate surface area is 181 Å². The van der Waals surface area contributed by atoms with Crippen molar-refractivity contribution in [3.05, 3.63) is 50.3 Å². The molecule has 0 aromatic heterocycles. The van der Waals surface area contributed by atoms with E-state index in [2.05, 4.69) is 10.6 Å². The molecule has 2 fully saturated rings. The smallest absolute Gasteiger partial charge is 0.253 e. The molecule has 7 heteroatoms. The second-order valence-electron chi connectivity index (χ2n) is 8.80. The first kappa shape index (κ1) is 21.3. The average Bonchev–Trinajstić information content (AvgIpc) is 3.30. The normalized spacial score (nSPS) is 21.3. The molecule has 0 unspecified atom stereocenters. The fourth-order valence-corrected chi connectivity index (χ4v) is 4.72. The maximum Gasteiger partial charge on any atom is 0.253 e. The largest absolute Gasteiger partial charge is 0.380 e. The zero-order valence-electron chi connectivity index (χ0n) is 17.9. The maximum atomic E-state index is 12.6. The lowest BCUT2D eigenvalue weighted by molar-refractivity contribution is -0.121. The highest BCUT2D eigenvalue weighted by Crippen LogP contribution is 2.31. The van der Waals surface area contributed by atoms with Gasteiger partial charge in [-0.1, -0.05) is 12.1 Å². The molecule has 1 aliphatic carbocycles. The molecule has 164 valence electrons. The van der Waals surface area contributed by atoms with Gasteiger partial charge in [0, 0.05) is 36.8 Å². The van der Waals surface area contributed by atoms with E-state index in [1.54, 1.807) is 24.3 Å². The number of benzene rings is 1. The van der Waals surface area contributed by atoms with Gasteiger partial charge >= 0.3 is 0 Å². The van der Waals surface area contributed by atoms with Gasteiger partial charge in [0.25, 0.3) is 10.9 Å². The fraction of sp³-hybridized carbons (Fsp3) is 0.500. The minimum Gasteiger partial charge on any atom is -0.380 e. The summed E-state index contributed by atoms with van der Waals surface area (Å²) in [5.74, 6) is 0.286. The summed E-state index contributed by atoms with van der Waals surface area (Å²) < 4.78 is 0. The first-order chi connectivity index (χ1) is 14.9. The van der Waals surface area contributed by atoms with Crippen LogP contribution in [0.2, 0.25) is 0 Å². The van der Waals surface area contributed by atoms with Crippen molar-refractivity contribution < 1.29 is 9.59 Å². The molecule has 0 radical (unpaired) electrons. The van der Waals surface area contributed by atoms with Gasteiger partial charge in [-0.05, 0) is 63.5 Å². The third-order valence-corrected chi connectivity index (χ3v) is 6.63. The number of nitrogens with zero attached hydrogens (tertiary/aromatic N) is 1. The van der Waals surface area contributed by atoms with E-state index in [1.807, 2.05) is 4.90 Å². The molecule has 2 aromatic carbocycles. The van der Waals surface area contributed by atoms with E-state index in [9.17, 15) is 19.2 Å². The predicted molar refractivity (Wildman–Crippen MR) is 122 cm³/mol. The Morgan fingerprint density at radius 2 is 1.74 bits per heavy atom. The van der Waals surface area contributed by atoms with Crippen LogP contribution in [0.1, 0.15) is 55.8 Å². The topological polar surface area (TPSA) is 95.6 Å². The Hall–Kier alpha value is -2.96. The molecular weight excluding hydrogens is 394 g/mol. The molecule has 0 spiro atoms. The third-order valence-electron chi connectivity index (χ3n) is 6.63. The Balaban J connectivity index is 1.27. The first-order valence-corrected chi connectivity index (χ1v) is 11.2. The number of Topliss-reactive ketones (excluding diaryl/α,β-unsaturated/α-hetero) is 1. The highest BCUT2D eigenvalue weighted by Gasteiger charge is 2.30. The summed E-state index contributed by atoms with van der Waals surface area (Å²) in [6.45, 7) is 3.85. The Kier molecular flexibility index (Phi) is 6.20. The van der Waals surface area contributed by atoms with Gasteiger partial charge < -0.3 is 15.5 Å². The summed E-state index contributed by atoms with van der Waals surface area (Å²) in [6, 6.07) is 7.01. The number of hydrogen-bond acceptors (Lipinski definition) is 6. The summed E-state index contributed by atoms with van der Waals surface area (Å²) in [7, 11) is 0. The number of hydrogen-bond donors (Lipinski definition) is 2. The molecule has 2 N–H and O–H groups in total. The van der Waals surface area contributed by atoms with Crippen LogP contribution in [0.25, 0.3) is 0 Å². The third kappa shape index (κ3) is 4.55. The van der Waals surface area contributed by atoms with Crippen LogP contribution >= 0.6 is 0 Å². The molecule has 1 heterocycles. The quantitative estimate of drug-likeness (QED) is 0.525. The monoisotopic (exact) mass is 423 g/mol. The molecule has 4 rings (SSSR count). The van der Waals surface area contributed by atoms with E-state index in [0.29, 0.717) is 35.1 Å².